The molecule has 0 radical (unpaired) electrons. The first kappa shape index (κ1) is 21.7. The van der Waals surface area contributed by atoms with E-state index in [9.17, 15) is 0 Å². The summed E-state index contributed by atoms with van der Waals surface area (Å²) in [6.45, 7) is 2.90. The van der Waals surface area contributed by atoms with Gasteiger partial charge in [-0.15, -0.1) is 0 Å². The molecule has 29 heavy (non-hydrogen) atoms. The van der Waals surface area contributed by atoms with Gasteiger partial charge in [0.15, 0.2) is 6.29 Å². The topological polar surface area (TPSA) is 75.8 Å². The van der Waals surface area contributed by atoms with E-state index in [0.29, 0.717) is 13.2 Å². The number of hydrogen-bond donors (Lipinski definition) is 1. The summed E-state index contributed by atoms with van der Waals surface area (Å²) in [5, 5.41) is 0. The van der Waals surface area contributed by atoms with Crippen LogP contribution in [0.4, 0.5) is 0 Å². The molecule has 9 heteroatoms. The van der Waals surface area contributed by atoms with Crippen molar-refractivity contribution in [2.75, 3.05) is 13.2 Å². The van der Waals surface area contributed by atoms with Crippen LogP contribution in [0.2, 0.25) is 0 Å². The van der Waals surface area contributed by atoms with Crippen LogP contribution in [0.25, 0.3) is 0 Å². The molecular formula is C20H22Br2N2O4S. The van der Waals surface area contributed by atoms with Crippen molar-refractivity contribution in [1.82, 2.24) is 4.98 Å². The van der Waals surface area contributed by atoms with Crippen molar-refractivity contribution in [2.24, 2.45) is 5.73 Å². The minimum absolute atomic E-state index is 0.266. The van der Waals surface area contributed by atoms with Crippen molar-refractivity contribution in [3.63, 3.8) is 0 Å². The highest BCUT2D eigenvalue weighted by Crippen LogP contribution is 2.41. The minimum Gasteiger partial charge on any atom is -0.373 e. The van der Waals surface area contributed by atoms with Crippen LogP contribution in [0, 0.1) is 0 Å². The molecule has 6 unspecified atom stereocenters. The normalized spacial score (nSPS) is 32.0. The van der Waals surface area contributed by atoms with Gasteiger partial charge < -0.3 is 24.7 Å². The summed E-state index contributed by atoms with van der Waals surface area (Å²) in [4.78, 5) is 5.28. The predicted molar refractivity (Wildman–Crippen MR) is 118 cm³/mol. The first-order valence-electron chi connectivity index (χ1n) is 9.39. The van der Waals surface area contributed by atoms with Crippen LogP contribution in [0.3, 0.4) is 0 Å². The number of ether oxygens (including phenoxy) is 4. The van der Waals surface area contributed by atoms with Crippen LogP contribution in [0.15, 0.2) is 56.6 Å². The van der Waals surface area contributed by atoms with E-state index in [-0.39, 0.29) is 29.8 Å². The highest BCUT2D eigenvalue weighted by atomic mass is 79.9. The van der Waals surface area contributed by atoms with Crippen LogP contribution in [-0.2, 0) is 18.9 Å². The minimum atomic E-state index is -0.456. The maximum absolute atomic E-state index is 6.64. The summed E-state index contributed by atoms with van der Waals surface area (Å²) >= 11 is 8.51. The van der Waals surface area contributed by atoms with Crippen molar-refractivity contribution >= 4 is 43.6 Å². The number of thioether (sulfide) groups is 1. The van der Waals surface area contributed by atoms with Gasteiger partial charge in [0.05, 0.1) is 12.6 Å². The van der Waals surface area contributed by atoms with Crippen LogP contribution in [-0.4, -0.2) is 48.0 Å². The Balaban J connectivity index is 1.53. The second-order valence-electron chi connectivity index (χ2n) is 6.78. The molecule has 2 aromatic rings. The zero-order valence-electron chi connectivity index (χ0n) is 15.7. The molecule has 0 saturated carbocycles. The fourth-order valence-electron chi connectivity index (χ4n) is 3.49. The maximum Gasteiger partial charge on any atom is 0.184 e. The lowest BCUT2D eigenvalue weighted by Crippen LogP contribution is -2.64. The Bertz CT molecular complexity index is 831. The number of fused-ring (bicyclic) bond motifs is 1. The molecule has 0 aliphatic carbocycles. The Morgan fingerprint density at radius 1 is 1.24 bits per heavy atom. The van der Waals surface area contributed by atoms with E-state index in [4.69, 9.17) is 24.7 Å². The van der Waals surface area contributed by atoms with Gasteiger partial charge in [-0.25, -0.2) is 4.98 Å². The van der Waals surface area contributed by atoms with E-state index in [0.717, 1.165) is 19.5 Å². The van der Waals surface area contributed by atoms with Gasteiger partial charge in [0.2, 0.25) is 0 Å². The van der Waals surface area contributed by atoms with Gasteiger partial charge in [-0.2, -0.15) is 0 Å². The molecule has 0 bridgehead atoms. The lowest BCUT2D eigenvalue weighted by atomic mass is 9.96. The van der Waals surface area contributed by atoms with E-state index >= 15 is 0 Å². The smallest absolute Gasteiger partial charge is 0.184 e. The molecule has 2 aliphatic heterocycles. The molecule has 1 aromatic carbocycles. The Labute approximate surface area is 191 Å². The fourth-order valence-corrected chi connectivity index (χ4v) is 5.66. The Morgan fingerprint density at radius 2 is 2.03 bits per heavy atom. The lowest BCUT2D eigenvalue weighted by molar-refractivity contribution is -0.300. The molecule has 156 valence electrons. The van der Waals surface area contributed by atoms with Gasteiger partial charge in [0.25, 0.3) is 0 Å². The Morgan fingerprint density at radius 3 is 2.79 bits per heavy atom. The number of nitrogens with two attached hydrogens (primary N) is 1. The van der Waals surface area contributed by atoms with Gasteiger partial charge >= 0.3 is 0 Å². The third-order valence-corrected chi connectivity index (χ3v) is 7.35. The maximum atomic E-state index is 6.64. The van der Waals surface area contributed by atoms with Gasteiger partial charge in [0.1, 0.15) is 28.4 Å². The summed E-state index contributed by atoms with van der Waals surface area (Å²) in [5.41, 5.74) is 7.29. The standard InChI is InChI=1S/C20H22Br2N2O4S/c1-2-25-17-15(23)16-13(10-26-19(28-16)11-6-4-3-5-7-11)27-20(17)29-14-8-12(21)9-24-18(14)22/h3-9,13,15-17,19-20H,2,10,23H2,1H3. The van der Waals surface area contributed by atoms with Crippen molar-refractivity contribution in [3.05, 3.63) is 57.2 Å². The van der Waals surface area contributed by atoms with Crippen LogP contribution in [0.5, 0.6) is 0 Å². The quantitative estimate of drug-likeness (QED) is 0.562. The summed E-state index contributed by atoms with van der Waals surface area (Å²) in [6.07, 6.45) is 0.377. The molecule has 6 atom stereocenters. The monoisotopic (exact) mass is 544 g/mol. The number of halogens is 2. The lowest BCUT2D eigenvalue weighted by Gasteiger charge is -2.48. The second-order valence-corrected chi connectivity index (χ2v) is 9.58. The Hall–Kier alpha value is -0.520. The first-order valence-corrected chi connectivity index (χ1v) is 11.9. The average molecular weight is 546 g/mol. The van der Waals surface area contributed by atoms with E-state index in [1.807, 2.05) is 43.3 Å². The van der Waals surface area contributed by atoms with Crippen LogP contribution < -0.4 is 5.73 Å². The van der Waals surface area contributed by atoms with Crippen molar-refractivity contribution in [3.8, 4) is 0 Å². The third kappa shape index (κ3) is 4.88. The van der Waals surface area contributed by atoms with E-state index in [1.165, 1.54) is 11.8 Å². The van der Waals surface area contributed by atoms with Gasteiger partial charge in [-0.3, -0.25) is 0 Å². The molecule has 2 aliphatic rings. The number of aromatic nitrogens is 1. The first-order chi connectivity index (χ1) is 14.1. The van der Waals surface area contributed by atoms with Gasteiger partial charge in [-0.05, 0) is 44.8 Å². The highest BCUT2D eigenvalue weighted by molar-refractivity contribution is 9.11. The van der Waals surface area contributed by atoms with E-state index in [2.05, 4.69) is 36.8 Å². The van der Waals surface area contributed by atoms with Gasteiger partial charge in [-0.1, -0.05) is 42.1 Å². The van der Waals surface area contributed by atoms with Crippen LogP contribution >= 0.6 is 43.6 Å². The average Bonchev–Trinajstić information content (AvgIpc) is 2.74. The van der Waals surface area contributed by atoms with Gasteiger partial charge in [0, 0.05) is 27.7 Å². The fraction of sp³-hybridized carbons (Fsp3) is 0.450. The number of hydrogen-bond acceptors (Lipinski definition) is 7. The van der Waals surface area contributed by atoms with Crippen LogP contribution in [0.1, 0.15) is 18.8 Å². The highest BCUT2D eigenvalue weighted by Gasteiger charge is 2.49. The number of nitrogens with zero attached hydrogens (tertiary/aromatic N) is 1. The number of rotatable bonds is 5. The molecule has 3 heterocycles. The van der Waals surface area contributed by atoms with E-state index in [1.54, 1.807) is 6.20 Å². The molecule has 0 spiro atoms. The Kier molecular flexibility index (Phi) is 7.29. The van der Waals surface area contributed by atoms with E-state index < -0.39 is 6.29 Å². The number of pyridine rings is 1. The summed E-state index contributed by atoms with van der Waals surface area (Å²) in [7, 11) is 0. The molecule has 0 amide bonds. The largest absolute Gasteiger partial charge is 0.373 e. The summed E-state index contributed by atoms with van der Waals surface area (Å²) in [5.74, 6) is 0. The molecular weight excluding hydrogens is 524 g/mol. The predicted octanol–water partition coefficient (Wildman–Crippen LogP) is 4.27. The zero-order chi connectivity index (χ0) is 20.4. The molecule has 4 rings (SSSR count). The van der Waals surface area contributed by atoms with Crippen molar-refractivity contribution < 1.29 is 18.9 Å². The zero-order valence-corrected chi connectivity index (χ0v) is 19.7. The summed E-state index contributed by atoms with van der Waals surface area (Å²) < 4.78 is 26.1. The molecule has 6 nitrogen and oxygen atoms in total. The molecule has 2 N–H and O–H groups in total. The molecule has 2 fully saturated rings. The summed E-state index contributed by atoms with van der Waals surface area (Å²) in [6, 6.07) is 11.5. The number of benzene rings is 1. The molecule has 1 aromatic heterocycles. The SMILES string of the molecule is CCOC1C(Sc2cc(Br)cnc2Br)OC2COC(c3ccccc3)OC2C1N. The van der Waals surface area contributed by atoms with Crippen molar-refractivity contribution in [1.29, 1.82) is 0 Å². The third-order valence-electron chi connectivity index (χ3n) is 4.84. The molecule has 2 saturated heterocycles. The second kappa shape index (κ2) is 9.74. The van der Waals surface area contributed by atoms with Crippen molar-refractivity contribution in [2.45, 2.75) is 47.9 Å².